The monoisotopic (exact) mass is 507 g/mol. The van der Waals surface area contributed by atoms with Crippen molar-refractivity contribution >= 4 is 51.2 Å². The van der Waals surface area contributed by atoms with Crippen molar-refractivity contribution in [3.63, 3.8) is 0 Å². The van der Waals surface area contributed by atoms with Crippen LogP contribution in [0.5, 0.6) is 0 Å². The first-order chi connectivity index (χ1) is 16.5. The van der Waals surface area contributed by atoms with Crippen LogP contribution >= 0.6 is 34.4 Å². The van der Waals surface area contributed by atoms with Crippen molar-refractivity contribution in [2.24, 2.45) is 0 Å². The maximum absolute atomic E-state index is 13.7. The van der Waals surface area contributed by atoms with E-state index in [1.54, 1.807) is 22.0 Å². The first kappa shape index (κ1) is 22.6. The summed E-state index contributed by atoms with van der Waals surface area (Å²) < 4.78 is 19.1. The van der Waals surface area contributed by atoms with Gasteiger partial charge in [0.25, 0.3) is 10.6 Å². The maximum atomic E-state index is 13.7. The summed E-state index contributed by atoms with van der Waals surface area (Å²) in [5, 5.41) is 13.2. The molecule has 1 aliphatic rings. The number of nitrogens with zero attached hydrogens (tertiary/aromatic N) is 4. The van der Waals surface area contributed by atoms with Crippen LogP contribution < -0.4 is 24.2 Å². The van der Waals surface area contributed by atoms with Crippen molar-refractivity contribution in [3.8, 4) is 6.07 Å². The lowest BCUT2D eigenvalue weighted by Gasteiger charge is -2.12. The Morgan fingerprint density at radius 3 is 2.85 bits per heavy atom. The van der Waals surface area contributed by atoms with E-state index in [1.165, 1.54) is 35.2 Å². The molecule has 0 fully saturated rings. The lowest BCUT2D eigenvalue weighted by atomic mass is 10.1. The quantitative estimate of drug-likeness (QED) is 0.397. The van der Waals surface area contributed by atoms with Crippen LogP contribution in [0.2, 0.25) is 0 Å². The van der Waals surface area contributed by atoms with E-state index in [0.29, 0.717) is 23.2 Å². The fourth-order valence-electron chi connectivity index (χ4n) is 3.91. The molecule has 170 valence electrons. The predicted octanol–water partition coefficient (Wildman–Crippen LogP) is 3.47. The maximum Gasteiger partial charge on any atom is 0.271 e. The topological polar surface area (TPSA) is 52.9 Å². The zero-order valence-electron chi connectivity index (χ0n) is 18.5. The van der Waals surface area contributed by atoms with E-state index in [2.05, 4.69) is 10.6 Å². The molecule has 0 saturated carbocycles. The highest BCUT2D eigenvalue weighted by Gasteiger charge is 2.25. The van der Waals surface area contributed by atoms with E-state index in [4.69, 9.17) is 0 Å². The summed E-state index contributed by atoms with van der Waals surface area (Å²) in [6.45, 7) is 3.08. The van der Waals surface area contributed by atoms with Gasteiger partial charge >= 0.3 is 0 Å². The average Bonchev–Trinajstić information content (AvgIpc) is 3.50. The van der Waals surface area contributed by atoms with Crippen LogP contribution in [0.1, 0.15) is 23.1 Å². The third kappa shape index (κ3) is 3.98. The van der Waals surface area contributed by atoms with Gasteiger partial charge in [0, 0.05) is 24.1 Å². The zero-order valence-corrected chi connectivity index (χ0v) is 20.9. The number of hydrogen-bond acceptors (Lipinski definition) is 6. The molecule has 4 aromatic rings. The first-order valence-electron chi connectivity index (χ1n) is 10.6. The number of fused-ring (bicyclic) bond motifs is 1. The number of halogens is 1. The Labute approximate surface area is 208 Å². The molecule has 2 aromatic heterocycles. The largest absolute Gasteiger partial charge is 0.337 e. The van der Waals surface area contributed by atoms with Crippen molar-refractivity contribution < 1.29 is 8.96 Å². The van der Waals surface area contributed by atoms with Gasteiger partial charge in [-0.25, -0.2) is 4.39 Å². The molecular weight excluding hydrogens is 488 g/mol. The summed E-state index contributed by atoms with van der Waals surface area (Å²) in [5.41, 5.74) is 2.46. The Morgan fingerprint density at radius 2 is 2.06 bits per heavy atom. The lowest BCUT2D eigenvalue weighted by Crippen LogP contribution is -2.36. The zero-order chi connectivity index (χ0) is 23.8. The molecule has 9 heteroatoms. The molecule has 0 N–H and O–H groups in total. The Kier molecular flexibility index (Phi) is 6.13. The fraction of sp³-hybridized carbons (Fsp3) is 0.160. The molecule has 34 heavy (non-hydrogen) atoms. The molecule has 0 unspecified atom stereocenters. The van der Waals surface area contributed by atoms with Crippen LogP contribution in [-0.4, -0.2) is 11.6 Å². The molecule has 0 radical (unpaired) electrons. The van der Waals surface area contributed by atoms with E-state index in [0.717, 1.165) is 30.8 Å². The van der Waals surface area contributed by atoms with Gasteiger partial charge in [0.2, 0.25) is 0 Å². The molecule has 0 amide bonds. The van der Waals surface area contributed by atoms with E-state index >= 15 is 0 Å². The average molecular weight is 508 g/mol. The van der Waals surface area contributed by atoms with Crippen LogP contribution in [0, 0.1) is 17.1 Å². The number of anilines is 1. The van der Waals surface area contributed by atoms with Gasteiger partial charge in [0.1, 0.15) is 20.0 Å². The van der Waals surface area contributed by atoms with Gasteiger partial charge in [-0.15, -0.1) is 11.3 Å². The van der Waals surface area contributed by atoms with Gasteiger partial charge in [-0.05, 0) is 31.2 Å². The Morgan fingerprint density at radius 1 is 1.24 bits per heavy atom. The van der Waals surface area contributed by atoms with E-state index < -0.39 is 0 Å². The minimum Gasteiger partial charge on any atom is -0.337 e. The van der Waals surface area contributed by atoms with Gasteiger partial charge in [-0.1, -0.05) is 41.3 Å². The number of thiazole rings is 2. The minimum atomic E-state index is -0.285. The molecular formula is C25H20FN4OS3+. The Hall–Kier alpha value is -3.19. The summed E-state index contributed by atoms with van der Waals surface area (Å²) in [4.78, 5) is 16.1. The summed E-state index contributed by atoms with van der Waals surface area (Å²) in [7, 11) is 1.91. The van der Waals surface area contributed by atoms with Gasteiger partial charge in [-0.3, -0.25) is 9.36 Å². The number of hydrogen-bond donors (Lipinski definition) is 0. The lowest BCUT2D eigenvalue weighted by molar-refractivity contribution is -0.685. The molecule has 1 aliphatic heterocycles. The van der Waals surface area contributed by atoms with Crippen molar-refractivity contribution in [1.82, 2.24) is 4.57 Å². The summed E-state index contributed by atoms with van der Waals surface area (Å²) >= 11 is 4.47. The van der Waals surface area contributed by atoms with Crippen LogP contribution in [0.25, 0.3) is 11.1 Å². The Balaban J connectivity index is 1.61. The molecule has 0 aliphatic carbocycles. The van der Waals surface area contributed by atoms with Crippen LogP contribution in [-0.2, 0) is 13.1 Å². The highest BCUT2D eigenvalue weighted by atomic mass is 32.2. The van der Waals surface area contributed by atoms with E-state index in [-0.39, 0.29) is 11.4 Å². The molecule has 3 heterocycles. The molecule has 0 atom stereocenters. The van der Waals surface area contributed by atoms with Gasteiger partial charge < -0.3 is 4.90 Å². The van der Waals surface area contributed by atoms with Gasteiger partial charge in [0.15, 0.2) is 12.7 Å². The van der Waals surface area contributed by atoms with Crippen LogP contribution in [0.4, 0.5) is 10.1 Å². The van der Waals surface area contributed by atoms with E-state index in [1.807, 2.05) is 60.8 Å². The highest BCUT2D eigenvalue weighted by Crippen LogP contribution is 2.45. The summed E-state index contributed by atoms with van der Waals surface area (Å²) in [5.74, 6) is -0.285. The van der Waals surface area contributed by atoms with Crippen molar-refractivity contribution in [3.05, 3.63) is 95.5 Å². The number of rotatable bonds is 4. The second-order valence-electron chi connectivity index (χ2n) is 7.68. The minimum absolute atomic E-state index is 0.0423. The second-order valence-corrected chi connectivity index (χ2v) is 10.7. The van der Waals surface area contributed by atoms with E-state index in [9.17, 15) is 14.4 Å². The fourth-order valence-corrected chi connectivity index (χ4v) is 7.25. The number of thioether (sulfide) groups is 1. The van der Waals surface area contributed by atoms with Crippen molar-refractivity contribution in [2.45, 2.75) is 24.9 Å². The van der Waals surface area contributed by atoms with Crippen LogP contribution in [0.3, 0.4) is 0 Å². The number of nitriles is 1. The second kappa shape index (κ2) is 9.22. The molecule has 2 aromatic carbocycles. The summed E-state index contributed by atoms with van der Waals surface area (Å²) in [6.07, 6.45) is 4.03. The smallest absolute Gasteiger partial charge is 0.271 e. The number of aromatic nitrogens is 2. The molecule has 0 bridgehead atoms. The first-order valence-corrected chi connectivity index (χ1v) is 13.1. The third-order valence-electron chi connectivity index (χ3n) is 5.66. The number of benzene rings is 2. The molecule has 0 saturated heterocycles. The van der Waals surface area contributed by atoms with Gasteiger partial charge in [-0.2, -0.15) is 9.83 Å². The standard InChI is InChI=1S/C25H20FN4OS3/c1-3-30-22(13-21-29(10-11-32-21)15-17-7-5-4-6-16(17)14-27)34-23(24(30)31)25-28(2)19-9-8-18(26)12-20(19)33-25/h4-13H,3,15H2,1-2H3/q+1/b25-23+. The van der Waals surface area contributed by atoms with Crippen molar-refractivity contribution in [2.75, 3.05) is 11.9 Å². The normalized spacial score (nSPS) is 15.0. The van der Waals surface area contributed by atoms with Gasteiger partial charge in [0.05, 0.1) is 28.8 Å². The highest BCUT2D eigenvalue weighted by molar-refractivity contribution is 8.08. The SMILES string of the molecule is CCn1c(=O)/c(=C2\Sc3cc(F)ccc3N2C)s/c1=C\c1scc[n+]1Cc1ccccc1C#N. The molecule has 0 spiro atoms. The summed E-state index contributed by atoms with van der Waals surface area (Å²) in [6, 6.07) is 14.5. The Bertz CT molecular complexity index is 1630. The molecule has 5 rings (SSSR count). The van der Waals surface area contributed by atoms with Crippen molar-refractivity contribution in [1.29, 1.82) is 5.26 Å². The molecule has 5 nitrogen and oxygen atoms in total. The van der Waals surface area contributed by atoms with Crippen LogP contribution in [0.15, 0.2) is 63.7 Å². The predicted molar refractivity (Wildman–Crippen MR) is 136 cm³/mol. The third-order valence-corrected chi connectivity index (χ3v) is 8.97.